The molecule has 2 aromatic rings. The first kappa shape index (κ1) is 13.0. The van der Waals surface area contributed by atoms with Gasteiger partial charge in [0.15, 0.2) is 5.76 Å². The third kappa shape index (κ3) is 2.88. The second kappa shape index (κ2) is 4.69. The number of thiazole rings is 1. The molecule has 0 aliphatic rings. The van der Waals surface area contributed by atoms with Gasteiger partial charge in [-0.15, -0.1) is 11.3 Å². The normalized spacial score (nSPS) is 11.8. The summed E-state index contributed by atoms with van der Waals surface area (Å²) >= 11 is 1.53. The standard InChI is InChI=1S/C14H17NO2S/c1-9-5-6-11(17-9)10(16)7-13-15-12(8-18-13)14(2,3)4/h5-6,8H,7H2,1-4H3. The van der Waals surface area contributed by atoms with E-state index in [0.717, 1.165) is 16.5 Å². The smallest absolute Gasteiger partial charge is 0.204 e. The van der Waals surface area contributed by atoms with Crippen molar-refractivity contribution in [3.05, 3.63) is 39.7 Å². The number of ketones is 1. The molecular formula is C14H17NO2S. The molecule has 0 saturated carbocycles. The average molecular weight is 263 g/mol. The molecule has 2 heterocycles. The topological polar surface area (TPSA) is 43.1 Å². The number of hydrogen-bond donors (Lipinski definition) is 0. The molecule has 4 heteroatoms. The summed E-state index contributed by atoms with van der Waals surface area (Å²) in [6.07, 6.45) is 0.313. The Morgan fingerprint density at radius 2 is 2.11 bits per heavy atom. The van der Waals surface area contributed by atoms with E-state index in [9.17, 15) is 4.79 Å². The van der Waals surface area contributed by atoms with Crippen molar-refractivity contribution in [2.24, 2.45) is 0 Å². The Bertz CT molecular complexity index is 560. The van der Waals surface area contributed by atoms with Crippen LogP contribution in [0.25, 0.3) is 0 Å². The summed E-state index contributed by atoms with van der Waals surface area (Å²) in [5, 5.41) is 2.87. The Balaban J connectivity index is 2.10. The SMILES string of the molecule is Cc1ccc(C(=O)Cc2nc(C(C)(C)C)cs2)o1. The van der Waals surface area contributed by atoms with E-state index < -0.39 is 0 Å². The molecule has 0 radical (unpaired) electrons. The van der Waals surface area contributed by atoms with E-state index in [1.54, 1.807) is 12.1 Å². The highest BCUT2D eigenvalue weighted by Crippen LogP contribution is 2.24. The predicted octanol–water partition coefficient (Wildman–Crippen LogP) is 3.77. The fraction of sp³-hybridized carbons (Fsp3) is 0.429. The number of rotatable bonds is 3. The molecule has 3 nitrogen and oxygen atoms in total. The van der Waals surface area contributed by atoms with Gasteiger partial charge >= 0.3 is 0 Å². The molecule has 2 aromatic heterocycles. The van der Waals surface area contributed by atoms with Crippen molar-refractivity contribution in [1.29, 1.82) is 0 Å². The molecule has 96 valence electrons. The first-order valence-electron chi connectivity index (χ1n) is 5.91. The lowest BCUT2D eigenvalue weighted by Gasteiger charge is -2.14. The number of furan rings is 1. The van der Waals surface area contributed by atoms with Crippen molar-refractivity contribution >= 4 is 17.1 Å². The molecular weight excluding hydrogens is 246 g/mol. The second-order valence-electron chi connectivity index (χ2n) is 5.39. The zero-order valence-corrected chi connectivity index (χ0v) is 11.9. The fourth-order valence-electron chi connectivity index (χ4n) is 1.55. The minimum absolute atomic E-state index is 0.0158. The lowest BCUT2D eigenvalue weighted by Crippen LogP contribution is -2.12. The van der Waals surface area contributed by atoms with Gasteiger partial charge in [-0.3, -0.25) is 4.79 Å². The molecule has 0 amide bonds. The van der Waals surface area contributed by atoms with Crippen molar-refractivity contribution in [1.82, 2.24) is 4.98 Å². The van der Waals surface area contributed by atoms with E-state index in [2.05, 4.69) is 25.8 Å². The molecule has 0 bridgehead atoms. The van der Waals surface area contributed by atoms with Crippen LogP contribution in [-0.2, 0) is 11.8 Å². The molecule has 0 unspecified atom stereocenters. The van der Waals surface area contributed by atoms with Crippen molar-refractivity contribution in [2.45, 2.75) is 39.5 Å². The van der Waals surface area contributed by atoms with Gasteiger partial charge in [0.25, 0.3) is 0 Å². The third-order valence-electron chi connectivity index (χ3n) is 2.65. The van der Waals surface area contributed by atoms with Crippen LogP contribution in [0.15, 0.2) is 21.9 Å². The van der Waals surface area contributed by atoms with E-state index in [-0.39, 0.29) is 11.2 Å². The number of carbonyl (C=O) groups is 1. The number of aryl methyl sites for hydroxylation is 1. The molecule has 2 rings (SSSR count). The van der Waals surface area contributed by atoms with Crippen molar-refractivity contribution < 1.29 is 9.21 Å². The Hall–Kier alpha value is -1.42. The van der Waals surface area contributed by atoms with Gasteiger partial charge in [0.2, 0.25) is 5.78 Å². The highest BCUT2D eigenvalue weighted by atomic mass is 32.1. The maximum atomic E-state index is 12.0. The average Bonchev–Trinajstić information content (AvgIpc) is 2.85. The van der Waals surface area contributed by atoms with Crippen LogP contribution in [-0.4, -0.2) is 10.8 Å². The Labute approximate surface area is 111 Å². The Morgan fingerprint density at radius 3 is 2.61 bits per heavy atom. The van der Waals surface area contributed by atoms with Crippen molar-refractivity contribution in [2.75, 3.05) is 0 Å². The van der Waals surface area contributed by atoms with Gasteiger partial charge < -0.3 is 4.42 Å². The third-order valence-corrected chi connectivity index (χ3v) is 3.50. The molecule has 0 spiro atoms. The van der Waals surface area contributed by atoms with Gasteiger partial charge in [0.05, 0.1) is 12.1 Å². The van der Waals surface area contributed by atoms with E-state index >= 15 is 0 Å². The van der Waals surface area contributed by atoms with Crippen LogP contribution in [0.4, 0.5) is 0 Å². The van der Waals surface area contributed by atoms with Crippen molar-refractivity contribution in [3.8, 4) is 0 Å². The number of Topliss-reactive ketones (excluding diaryl/α,β-unsaturated/α-hetero) is 1. The summed E-state index contributed by atoms with van der Waals surface area (Å²) in [5.41, 5.74) is 1.06. The first-order chi connectivity index (χ1) is 8.36. The van der Waals surface area contributed by atoms with Crippen LogP contribution in [0.1, 0.15) is 47.8 Å². The van der Waals surface area contributed by atoms with Crippen LogP contribution in [0, 0.1) is 6.92 Å². The van der Waals surface area contributed by atoms with Gasteiger partial charge in [-0.2, -0.15) is 0 Å². The van der Waals surface area contributed by atoms with Gasteiger partial charge in [0, 0.05) is 10.8 Å². The van der Waals surface area contributed by atoms with Crippen molar-refractivity contribution in [3.63, 3.8) is 0 Å². The number of hydrogen-bond acceptors (Lipinski definition) is 4. The molecule has 0 aromatic carbocycles. The lowest BCUT2D eigenvalue weighted by molar-refractivity contribution is 0.0965. The summed E-state index contributed by atoms with van der Waals surface area (Å²) in [7, 11) is 0. The van der Waals surface area contributed by atoms with Crippen LogP contribution in [0.2, 0.25) is 0 Å². The van der Waals surface area contributed by atoms with Gasteiger partial charge in [-0.25, -0.2) is 4.98 Å². The number of aromatic nitrogens is 1. The highest BCUT2D eigenvalue weighted by molar-refractivity contribution is 7.09. The summed E-state index contributed by atoms with van der Waals surface area (Å²) < 4.78 is 5.32. The fourth-order valence-corrected chi connectivity index (χ4v) is 2.56. The largest absolute Gasteiger partial charge is 0.458 e. The molecule has 18 heavy (non-hydrogen) atoms. The maximum absolute atomic E-state index is 12.0. The predicted molar refractivity (Wildman–Crippen MR) is 72.3 cm³/mol. The monoisotopic (exact) mass is 263 g/mol. The molecule has 0 aliphatic carbocycles. The minimum atomic E-state index is -0.0158. The van der Waals surface area contributed by atoms with Gasteiger partial charge in [-0.05, 0) is 19.1 Å². The van der Waals surface area contributed by atoms with E-state index in [1.165, 1.54) is 11.3 Å². The van der Waals surface area contributed by atoms with Crippen LogP contribution in [0.5, 0.6) is 0 Å². The Kier molecular flexibility index (Phi) is 3.39. The highest BCUT2D eigenvalue weighted by Gasteiger charge is 2.19. The summed E-state index contributed by atoms with van der Waals surface area (Å²) in [4.78, 5) is 16.5. The zero-order chi connectivity index (χ0) is 13.3. The first-order valence-corrected chi connectivity index (χ1v) is 6.79. The Morgan fingerprint density at radius 1 is 1.39 bits per heavy atom. The summed E-state index contributed by atoms with van der Waals surface area (Å²) in [6.45, 7) is 8.18. The van der Waals surface area contributed by atoms with E-state index in [0.29, 0.717) is 12.2 Å². The van der Waals surface area contributed by atoms with Crippen LogP contribution >= 0.6 is 11.3 Å². The lowest BCUT2D eigenvalue weighted by atomic mass is 9.93. The van der Waals surface area contributed by atoms with E-state index in [1.807, 2.05) is 12.3 Å². The quantitative estimate of drug-likeness (QED) is 0.792. The number of nitrogens with zero attached hydrogens (tertiary/aromatic N) is 1. The molecule has 0 fully saturated rings. The summed E-state index contributed by atoms with van der Waals surface area (Å²) in [6, 6.07) is 3.52. The van der Waals surface area contributed by atoms with Gasteiger partial charge in [-0.1, -0.05) is 20.8 Å². The van der Waals surface area contributed by atoms with Crippen LogP contribution < -0.4 is 0 Å². The summed E-state index contributed by atoms with van der Waals surface area (Å²) in [5.74, 6) is 1.16. The second-order valence-corrected chi connectivity index (χ2v) is 6.33. The molecule has 0 atom stereocenters. The molecule has 0 N–H and O–H groups in total. The minimum Gasteiger partial charge on any atom is -0.458 e. The van der Waals surface area contributed by atoms with Gasteiger partial charge in [0.1, 0.15) is 10.8 Å². The number of carbonyl (C=O) groups excluding carboxylic acids is 1. The van der Waals surface area contributed by atoms with Crippen LogP contribution in [0.3, 0.4) is 0 Å². The maximum Gasteiger partial charge on any atom is 0.204 e. The zero-order valence-electron chi connectivity index (χ0n) is 11.1. The van der Waals surface area contributed by atoms with E-state index in [4.69, 9.17) is 4.42 Å². The molecule has 0 aliphatic heterocycles. The molecule has 0 saturated heterocycles.